The standard InChI is InChI=1S/C15H16N4O2S/c1-20-11-6-8(5-9-7-18-15(17)19-14(9)16)10-3-4-22-13(10)12(11)21-2/h3-4,6-7H,5H2,1-2H3,(H4,16,17,18,19). The Labute approximate surface area is 131 Å². The summed E-state index contributed by atoms with van der Waals surface area (Å²) in [6, 6.07) is 4.02. The first-order chi connectivity index (χ1) is 10.6. The van der Waals surface area contributed by atoms with Gasteiger partial charge < -0.3 is 20.9 Å². The van der Waals surface area contributed by atoms with Crippen molar-refractivity contribution in [2.45, 2.75) is 6.42 Å². The van der Waals surface area contributed by atoms with Gasteiger partial charge in [-0.2, -0.15) is 4.98 Å². The van der Waals surface area contributed by atoms with Crippen molar-refractivity contribution in [1.29, 1.82) is 0 Å². The predicted molar refractivity (Wildman–Crippen MR) is 88.6 cm³/mol. The van der Waals surface area contributed by atoms with E-state index in [0.717, 1.165) is 27.0 Å². The van der Waals surface area contributed by atoms with Gasteiger partial charge in [-0.3, -0.25) is 0 Å². The van der Waals surface area contributed by atoms with E-state index in [4.69, 9.17) is 20.9 Å². The van der Waals surface area contributed by atoms with Crippen molar-refractivity contribution < 1.29 is 9.47 Å². The third kappa shape index (κ3) is 2.39. The van der Waals surface area contributed by atoms with Gasteiger partial charge in [0.25, 0.3) is 0 Å². The molecular formula is C15H16N4O2S. The fourth-order valence-electron chi connectivity index (χ4n) is 2.42. The second-order valence-electron chi connectivity index (χ2n) is 4.75. The number of nitrogen functional groups attached to an aromatic ring is 2. The molecule has 0 fully saturated rings. The number of thiophene rings is 1. The van der Waals surface area contributed by atoms with Crippen LogP contribution in [0.2, 0.25) is 0 Å². The lowest BCUT2D eigenvalue weighted by molar-refractivity contribution is 0.358. The summed E-state index contributed by atoms with van der Waals surface area (Å²) >= 11 is 1.61. The van der Waals surface area contributed by atoms with E-state index in [1.54, 1.807) is 31.8 Å². The lowest BCUT2D eigenvalue weighted by atomic mass is 10.0. The zero-order chi connectivity index (χ0) is 15.7. The molecule has 0 amide bonds. The van der Waals surface area contributed by atoms with E-state index in [2.05, 4.69) is 16.0 Å². The summed E-state index contributed by atoms with van der Waals surface area (Å²) in [5, 5.41) is 3.14. The van der Waals surface area contributed by atoms with Gasteiger partial charge in [-0.15, -0.1) is 11.3 Å². The molecule has 114 valence electrons. The Hall–Kier alpha value is -2.54. The quantitative estimate of drug-likeness (QED) is 0.767. The smallest absolute Gasteiger partial charge is 0.221 e. The maximum Gasteiger partial charge on any atom is 0.221 e. The topological polar surface area (TPSA) is 96.3 Å². The largest absolute Gasteiger partial charge is 0.493 e. The Morgan fingerprint density at radius 3 is 2.68 bits per heavy atom. The van der Waals surface area contributed by atoms with Crippen LogP contribution in [0.3, 0.4) is 0 Å². The van der Waals surface area contributed by atoms with Crippen LogP contribution in [0.25, 0.3) is 10.1 Å². The highest BCUT2D eigenvalue weighted by Gasteiger charge is 2.16. The summed E-state index contributed by atoms with van der Waals surface area (Å²) in [4.78, 5) is 8.02. The predicted octanol–water partition coefficient (Wildman–Crippen LogP) is 2.46. The minimum Gasteiger partial charge on any atom is -0.493 e. The highest BCUT2D eigenvalue weighted by molar-refractivity contribution is 7.17. The van der Waals surface area contributed by atoms with Crippen molar-refractivity contribution in [3.8, 4) is 11.5 Å². The Morgan fingerprint density at radius 1 is 1.18 bits per heavy atom. The van der Waals surface area contributed by atoms with Crippen LogP contribution in [0.5, 0.6) is 11.5 Å². The summed E-state index contributed by atoms with van der Waals surface area (Å²) in [6.07, 6.45) is 2.26. The molecule has 0 unspecified atom stereocenters. The van der Waals surface area contributed by atoms with Gasteiger partial charge in [-0.1, -0.05) is 0 Å². The van der Waals surface area contributed by atoms with Gasteiger partial charge in [-0.05, 0) is 23.1 Å². The Balaban J connectivity index is 2.12. The molecule has 1 aromatic carbocycles. The number of hydrogen-bond donors (Lipinski definition) is 2. The van der Waals surface area contributed by atoms with Crippen molar-refractivity contribution in [3.05, 3.63) is 34.8 Å². The number of hydrogen-bond acceptors (Lipinski definition) is 7. The molecule has 0 saturated carbocycles. The first-order valence-corrected chi connectivity index (χ1v) is 7.50. The molecule has 0 aliphatic carbocycles. The molecule has 2 aromatic heterocycles. The van der Waals surface area contributed by atoms with Crippen molar-refractivity contribution in [3.63, 3.8) is 0 Å². The van der Waals surface area contributed by atoms with Crippen LogP contribution in [0.4, 0.5) is 11.8 Å². The molecule has 3 aromatic rings. The number of benzene rings is 1. The molecule has 3 rings (SSSR count). The van der Waals surface area contributed by atoms with E-state index in [-0.39, 0.29) is 5.95 Å². The van der Waals surface area contributed by atoms with E-state index >= 15 is 0 Å². The molecule has 0 radical (unpaired) electrons. The van der Waals surface area contributed by atoms with E-state index in [0.29, 0.717) is 18.0 Å². The minimum absolute atomic E-state index is 0.175. The van der Waals surface area contributed by atoms with Crippen molar-refractivity contribution in [1.82, 2.24) is 9.97 Å². The molecule has 22 heavy (non-hydrogen) atoms. The average molecular weight is 316 g/mol. The van der Waals surface area contributed by atoms with Crippen LogP contribution in [0.15, 0.2) is 23.7 Å². The highest BCUT2D eigenvalue weighted by Crippen LogP contribution is 2.41. The van der Waals surface area contributed by atoms with E-state index in [1.165, 1.54) is 0 Å². The van der Waals surface area contributed by atoms with Crippen molar-refractivity contribution in [2.24, 2.45) is 0 Å². The third-order valence-electron chi connectivity index (χ3n) is 3.47. The van der Waals surface area contributed by atoms with Crippen molar-refractivity contribution in [2.75, 3.05) is 25.7 Å². The molecule has 2 heterocycles. The van der Waals surface area contributed by atoms with Gasteiger partial charge in [0, 0.05) is 23.6 Å². The van der Waals surface area contributed by atoms with Crippen molar-refractivity contribution >= 4 is 33.2 Å². The van der Waals surface area contributed by atoms with Gasteiger partial charge in [0.05, 0.1) is 18.9 Å². The number of nitrogens with zero attached hydrogens (tertiary/aromatic N) is 2. The zero-order valence-corrected chi connectivity index (χ0v) is 13.1. The molecule has 6 nitrogen and oxygen atoms in total. The van der Waals surface area contributed by atoms with Crippen LogP contribution in [-0.4, -0.2) is 24.2 Å². The SMILES string of the molecule is COc1cc(Cc2cnc(N)nc2N)c2ccsc2c1OC. The normalized spacial score (nSPS) is 10.8. The summed E-state index contributed by atoms with van der Waals surface area (Å²) in [6.45, 7) is 0. The van der Waals surface area contributed by atoms with E-state index < -0.39 is 0 Å². The Bertz CT molecular complexity index is 832. The number of aromatic nitrogens is 2. The molecule has 4 N–H and O–H groups in total. The lowest BCUT2D eigenvalue weighted by Crippen LogP contribution is -2.04. The molecule has 0 aliphatic rings. The zero-order valence-electron chi connectivity index (χ0n) is 12.3. The fraction of sp³-hybridized carbons (Fsp3) is 0.200. The van der Waals surface area contributed by atoms with Crippen LogP contribution >= 0.6 is 11.3 Å². The van der Waals surface area contributed by atoms with E-state index in [9.17, 15) is 0 Å². The Morgan fingerprint density at radius 2 is 2.00 bits per heavy atom. The van der Waals surface area contributed by atoms with Gasteiger partial charge in [0.1, 0.15) is 5.82 Å². The first kappa shape index (κ1) is 14.4. The number of fused-ring (bicyclic) bond motifs is 1. The summed E-state index contributed by atoms with van der Waals surface area (Å²) in [5.74, 6) is 2.01. The maximum absolute atomic E-state index is 5.93. The molecule has 0 bridgehead atoms. The third-order valence-corrected chi connectivity index (χ3v) is 4.38. The highest BCUT2D eigenvalue weighted by atomic mass is 32.1. The lowest BCUT2D eigenvalue weighted by Gasteiger charge is -2.13. The number of nitrogens with two attached hydrogens (primary N) is 2. The molecule has 0 atom stereocenters. The summed E-state index contributed by atoms with van der Waals surface area (Å²) in [7, 11) is 3.27. The minimum atomic E-state index is 0.175. The number of rotatable bonds is 4. The Kier molecular flexibility index (Phi) is 3.72. The molecule has 0 spiro atoms. The summed E-state index contributed by atoms with van der Waals surface area (Å²) < 4.78 is 12.0. The second-order valence-corrected chi connectivity index (χ2v) is 5.67. The number of methoxy groups -OCH3 is 2. The molecular weight excluding hydrogens is 300 g/mol. The maximum atomic E-state index is 5.93. The molecule has 0 aliphatic heterocycles. The van der Waals surface area contributed by atoms with Gasteiger partial charge in [0.2, 0.25) is 5.95 Å². The fourth-order valence-corrected chi connectivity index (χ4v) is 3.38. The first-order valence-electron chi connectivity index (χ1n) is 6.62. The second kappa shape index (κ2) is 5.69. The molecule has 0 saturated heterocycles. The van der Waals surface area contributed by atoms with E-state index in [1.807, 2.05) is 11.4 Å². The molecule has 7 heteroatoms. The van der Waals surface area contributed by atoms with Gasteiger partial charge in [0.15, 0.2) is 11.5 Å². The van der Waals surface area contributed by atoms with Gasteiger partial charge >= 0.3 is 0 Å². The van der Waals surface area contributed by atoms with Crippen LogP contribution in [0.1, 0.15) is 11.1 Å². The number of anilines is 2. The van der Waals surface area contributed by atoms with Crippen LogP contribution in [-0.2, 0) is 6.42 Å². The van der Waals surface area contributed by atoms with Gasteiger partial charge in [-0.25, -0.2) is 4.98 Å². The number of ether oxygens (including phenoxy) is 2. The monoisotopic (exact) mass is 316 g/mol. The summed E-state index contributed by atoms with van der Waals surface area (Å²) in [5.41, 5.74) is 13.4. The van der Waals surface area contributed by atoms with Crippen LogP contribution < -0.4 is 20.9 Å². The van der Waals surface area contributed by atoms with Crippen LogP contribution in [0, 0.1) is 0 Å². The average Bonchev–Trinajstić information content (AvgIpc) is 2.99.